The van der Waals surface area contributed by atoms with Crippen molar-refractivity contribution in [1.82, 2.24) is 4.98 Å². The number of aromatic carboxylic acids is 1. The van der Waals surface area contributed by atoms with E-state index in [1.54, 1.807) is 13.8 Å². The second-order valence-corrected chi connectivity index (χ2v) is 5.63. The van der Waals surface area contributed by atoms with Crippen molar-refractivity contribution in [3.63, 3.8) is 0 Å². The Morgan fingerprint density at radius 2 is 2.14 bits per heavy atom. The van der Waals surface area contributed by atoms with Gasteiger partial charge in [0.25, 0.3) is 0 Å². The summed E-state index contributed by atoms with van der Waals surface area (Å²) in [7, 11) is 0. The molecule has 0 fully saturated rings. The lowest BCUT2D eigenvalue weighted by molar-refractivity contribution is -0.121. The van der Waals surface area contributed by atoms with E-state index in [0.717, 1.165) is 0 Å². The molecule has 5 nitrogen and oxygen atoms in total. The molecule has 0 aromatic carbocycles. The summed E-state index contributed by atoms with van der Waals surface area (Å²) in [5.41, 5.74) is 2.65. The SMILES string of the molecule is Cc1[nH]c(C[C@H]2C(=O)N=C3C=CC(F)=C[C@H]32)c(C)c1C(=O)O. The van der Waals surface area contributed by atoms with Crippen molar-refractivity contribution in [3.8, 4) is 0 Å². The lowest BCUT2D eigenvalue weighted by Gasteiger charge is -2.17. The molecule has 1 aliphatic heterocycles. The van der Waals surface area contributed by atoms with Crippen LogP contribution in [0.15, 0.2) is 29.0 Å². The summed E-state index contributed by atoms with van der Waals surface area (Å²) in [6, 6.07) is 0. The molecule has 0 saturated heterocycles. The number of nitrogens with zero attached hydrogens (tertiary/aromatic N) is 1. The van der Waals surface area contributed by atoms with Crippen LogP contribution in [-0.4, -0.2) is 27.7 Å². The Morgan fingerprint density at radius 3 is 2.77 bits per heavy atom. The molecule has 6 heteroatoms. The fourth-order valence-corrected chi connectivity index (χ4v) is 3.16. The van der Waals surface area contributed by atoms with Crippen LogP contribution >= 0.6 is 0 Å². The smallest absolute Gasteiger partial charge is 0.337 e. The summed E-state index contributed by atoms with van der Waals surface area (Å²) in [4.78, 5) is 30.3. The molecule has 2 heterocycles. The second kappa shape index (κ2) is 5.05. The number of aromatic nitrogens is 1. The fourth-order valence-electron chi connectivity index (χ4n) is 3.16. The quantitative estimate of drug-likeness (QED) is 0.900. The van der Waals surface area contributed by atoms with E-state index in [2.05, 4.69) is 9.98 Å². The number of aryl methyl sites for hydroxylation is 1. The van der Waals surface area contributed by atoms with E-state index < -0.39 is 11.9 Å². The molecular formula is C16H15FN2O3. The first kappa shape index (κ1) is 14.4. The van der Waals surface area contributed by atoms with Crippen molar-refractivity contribution < 1.29 is 19.1 Å². The third-order valence-corrected chi connectivity index (χ3v) is 4.26. The molecule has 0 bridgehead atoms. The number of amides is 1. The van der Waals surface area contributed by atoms with Gasteiger partial charge in [0.2, 0.25) is 5.91 Å². The third kappa shape index (κ3) is 2.20. The molecule has 0 spiro atoms. The number of H-pyrrole nitrogens is 1. The van der Waals surface area contributed by atoms with Gasteiger partial charge in [-0.3, -0.25) is 4.79 Å². The number of aliphatic imine (C=N–C) groups is 1. The zero-order chi connectivity index (χ0) is 16.0. The van der Waals surface area contributed by atoms with Gasteiger partial charge in [0.05, 0.1) is 17.2 Å². The Kier molecular flexibility index (Phi) is 3.31. The van der Waals surface area contributed by atoms with Crippen molar-refractivity contribution in [3.05, 3.63) is 46.6 Å². The molecule has 114 valence electrons. The van der Waals surface area contributed by atoms with Gasteiger partial charge in [-0.1, -0.05) is 0 Å². The van der Waals surface area contributed by atoms with Crippen molar-refractivity contribution >= 4 is 17.6 Å². The maximum Gasteiger partial charge on any atom is 0.337 e. The van der Waals surface area contributed by atoms with Crippen LogP contribution in [0.4, 0.5) is 4.39 Å². The van der Waals surface area contributed by atoms with Crippen LogP contribution in [0.3, 0.4) is 0 Å². The van der Waals surface area contributed by atoms with Gasteiger partial charge in [-0.25, -0.2) is 14.2 Å². The number of carboxylic acid groups (broad SMARTS) is 1. The molecule has 0 saturated carbocycles. The summed E-state index contributed by atoms with van der Waals surface area (Å²) in [6.45, 7) is 3.39. The number of fused-ring (bicyclic) bond motifs is 1. The molecular weight excluding hydrogens is 287 g/mol. The number of carbonyl (C=O) groups is 2. The molecule has 2 aliphatic rings. The Hall–Kier alpha value is -2.50. The van der Waals surface area contributed by atoms with Gasteiger partial charge in [0.15, 0.2) is 0 Å². The van der Waals surface area contributed by atoms with Crippen molar-refractivity contribution in [2.45, 2.75) is 20.3 Å². The van der Waals surface area contributed by atoms with E-state index in [4.69, 9.17) is 0 Å². The Labute approximate surface area is 126 Å². The van der Waals surface area contributed by atoms with Gasteiger partial charge in [0, 0.05) is 23.7 Å². The van der Waals surface area contributed by atoms with E-state index in [1.165, 1.54) is 18.2 Å². The average molecular weight is 302 g/mol. The number of aromatic amines is 1. The van der Waals surface area contributed by atoms with Crippen LogP contribution < -0.4 is 0 Å². The van der Waals surface area contributed by atoms with Gasteiger partial charge in [-0.15, -0.1) is 0 Å². The number of nitrogens with one attached hydrogen (secondary N) is 1. The van der Waals surface area contributed by atoms with Gasteiger partial charge >= 0.3 is 5.97 Å². The van der Waals surface area contributed by atoms with Crippen molar-refractivity contribution in [1.29, 1.82) is 0 Å². The second-order valence-electron chi connectivity index (χ2n) is 5.63. The summed E-state index contributed by atoms with van der Waals surface area (Å²) in [5, 5.41) is 9.22. The van der Waals surface area contributed by atoms with Crippen molar-refractivity contribution in [2.75, 3.05) is 0 Å². The van der Waals surface area contributed by atoms with Gasteiger partial charge in [-0.05, 0) is 37.6 Å². The first-order valence-electron chi connectivity index (χ1n) is 6.97. The topological polar surface area (TPSA) is 82.5 Å². The van der Waals surface area contributed by atoms with Crippen molar-refractivity contribution in [2.24, 2.45) is 16.8 Å². The van der Waals surface area contributed by atoms with E-state index in [9.17, 15) is 19.1 Å². The van der Waals surface area contributed by atoms with Crippen LogP contribution in [0.1, 0.15) is 27.3 Å². The summed E-state index contributed by atoms with van der Waals surface area (Å²) >= 11 is 0. The van der Waals surface area contributed by atoms with E-state index in [-0.39, 0.29) is 23.2 Å². The minimum absolute atomic E-state index is 0.229. The summed E-state index contributed by atoms with van der Waals surface area (Å²) < 4.78 is 13.4. The zero-order valence-corrected chi connectivity index (χ0v) is 12.2. The fraction of sp³-hybridized carbons (Fsp3) is 0.312. The number of hydrogen-bond donors (Lipinski definition) is 2. The highest BCUT2D eigenvalue weighted by Gasteiger charge is 2.38. The molecule has 0 radical (unpaired) electrons. The number of rotatable bonds is 3. The molecule has 1 amide bonds. The minimum atomic E-state index is -1.00. The number of allylic oxidation sites excluding steroid dienone is 4. The van der Waals surface area contributed by atoms with Crippen LogP contribution in [-0.2, 0) is 11.2 Å². The molecule has 2 atom stereocenters. The van der Waals surface area contributed by atoms with Crippen LogP contribution in [0.25, 0.3) is 0 Å². The Bertz CT molecular complexity index is 771. The normalized spacial score (nSPS) is 23.3. The Balaban J connectivity index is 1.91. The van der Waals surface area contributed by atoms with E-state index in [1.807, 2.05) is 0 Å². The zero-order valence-electron chi connectivity index (χ0n) is 12.2. The number of halogens is 1. The molecule has 1 aromatic rings. The summed E-state index contributed by atoms with van der Waals surface area (Å²) in [5.74, 6) is -2.55. The summed E-state index contributed by atoms with van der Waals surface area (Å²) in [6.07, 6.45) is 4.52. The van der Waals surface area contributed by atoms with Gasteiger partial charge in [0.1, 0.15) is 5.83 Å². The van der Waals surface area contributed by atoms with E-state index in [0.29, 0.717) is 29.1 Å². The average Bonchev–Trinajstić information content (AvgIpc) is 2.88. The van der Waals surface area contributed by atoms with Gasteiger partial charge in [-0.2, -0.15) is 0 Å². The number of hydrogen-bond acceptors (Lipinski definition) is 2. The maximum absolute atomic E-state index is 13.4. The van der Waals surface area contributed by atoms with Gasteiger partial charge < -0.3 is 10.1 Å². The standard InChI is InChI=1S/C16H15FN2O3/c1-7-13(18-8(2)14(7)16(21)22)6-11-10-5-9(17)3-4-12(10)19-15(11)20/h3-5,10-11,18H,6H2,1-2H3,(H,21,22)/t10-,11+/m0/s1. The monoisotopic (exact) mass is 302 g/mol. The van der Waals surface area contributed by atoms with Crippen LogP contribution in [0, 0.1) is 25.7 Å². The molecule has 22 heavy (non-hydrogen) atoms. The maximum atomic E-state index is 13.4. The number of carboxylic acids is 1. The first-order chi connectivity index (χ1) is 10.4. The van der Waals surface area contributed by atoms with Crippen LogP contribution in [0.2, 0.25) is 0 Å². The Morgan fingerprint density at radius 1 is 1.41 bits per heavy atom. The molecule has 1 aliphatic carbocycles. The lowest BCUT2D eigenvalue weighted by Crippen LogP contribution is -2.23. The predicted molar refractivity (Wildman–Crippen MR) is 78.7 cm³/mol. The highest BCUT2D eigenvalue weighted by Crippen LogP contribution is 2.33. The predicted octanol–water partition coefficient (Wildman–Crippen LogP) is 2.51. The highest BCUT2D eigenvalue weighted by molar-refractivity contribution is 6.12. The minimum Gasteiger partial charge on any atom is -0.478 e. The first-order valence-corrected chi connectivity index (χ1v) is 6.97. The van der Waals surface area contributed by atoms with E-state index >= 15 is 0 Å². The largest absolute Gasteiger partial charge is 0.478 e. The molecule has 3 rings (SSSR count). The highest BCUT2D eigenvalue weighted by atomic mass is 19.1. The molecule has 1 aromatic heterocycles. The molecule has 0 unspecified atom stereocenters. The molecule has 2 N–H and O–H groups in total. The number of carbonyl (C=O) groups excluding carboxylic acids is 1. The van der Waals surface area contributed by atoms with Crippen LogP contribution in [0.5, 0.6) is 0 Å². The lowest BCUT2D eigenvalue weighted by atomic mass is 9.84. The third-order valence-electron chi connectivity index (χ3n) is 4.26.